The number of sulfonamides is 1. The summed E-state index contributed by atoms with van der Waals surface area (Å²) in [5.74, 6) is -1.90. The van der Waals surface area contributed by atoms with Gasteiger partial charge in [0.25, 0.3) is 11.8 Å². The number of piperidine rings is 2. The van der Waals surface area contributed by atoms with Gasteiger partial charge >= 0.3 is 0 Å². The zero-order valence-electron chi connectivity index (χ0n) is 22.0. The molecule has 2 aromatic heterocycles. The molecule has 2 aliphatic heterocycles. The van der Waals surface area contributed by atoms with Gasteiger partial charge in [0, 0.05) is 44.7 Å². The molecule has 1 aromatic carbocycles. The van der Waals surface area contributed by atoms with Crippen LogP contribution in [0.4, 0.5) is 20.4 Å². The Kier molecular flexibility index (Phi) is 6.33. The largest absolute Gasteiger partial charge is 0.415 e. The first kappa shape index (κ1) is 26.1. The van der Waals surface area contributed by atoms with Crippen molar-refractivity contribution in [1.29, 1.82) is 0 Å². The van der Waals surface area contributed by atoms with Crippen molar-refractivity contribution in [2.45, 2.75) is 56.3 Å². The minimum atomic E-state index is -3.65. The summed E-state index contributed by atoms with van der Waals surface area (Å²) in [5.41, 5.74) is 2.87. The van der Waals surface area contributed by atoms with Crippen molar-refractivity contribution in [2.24, 2.45) is 5.41 Å². The fourth-order valence-electron chi connectivity index (χ4n) is 5.41. The average Bonchev–Trinajstić information content (AvgIpc) is 3.48. The van der Waals surface area contributed by atoms with Crippen LogP contribution in [0.2, 0.25) is 0 Å². The van der Waals surface area contributed by atoms with E-state index in [1.165, 1.54) is 26.0 Å². The maximum Gasteiger partial charge on any atom is 0.266 e. The minimum absolute atomic E-state index is 0.160. The van der Waals surface area contributed by atoms with Crippen LogP contribution < -0.4 is 14.5 Å². The molecular weight excluding hydrogens is 528 g/mol. The molecule has 39 heavy (non-hydrogen) atoms. The van der Waals surface area contributed by atoms with E-state index in [4.69, 9.17) is 4.42 Å². The second-order valence-corrected chi connectivity index (χ2v) is 12.7. The van der Waals surface area contributed by atoms with Crippen LogP contribution in [0.15, 0.2) is 33.6 Å². The molecule has 3 fully saturated rings. The highest BCUT2D eigenvalue weighted by Crippen LogP contribution is 2.54. The topological polar surface area (TPSA) is 117 Å². The molecular formula is C26H31F2N7O3S. The highest BCUT2D eigenvalue weighted by molar-refractivity contribution is 7.89. The van der Waals surface area contributed by atoms with Gasteiger partial charge in [-0.15, -0.1) is 10.2 Å². The minimum Gasteiger partial charge on any atom is -0.415 e. The van der Waals surface area contributed by atoms with Crippen LogP contribution in [-0.2, 0) is 10.0 Å². The summed E-state index contributed by atoms with van der Waals surface area (Å²) >= 11 is 0. The lowest BCUT2D eigenvalue weighted by Gasteiger charge is -2.34. The number of alkyl halides is 2. The van der Waals surface area contributed by atoms with Gasteiger partial charge in [0.15, 0.2) is 0 Å². The first-order valence-electron chi connectivity index (χ1n) is 13.2. The highest BCUT2D eigenvalue weighted by Gasteiger charge is 2.44. The van der Waals surface area contributed by atoms with Gasteiger partial charge in [-0.3, -0.25) is 0 Å². The maximum atomic E-state index is 13.7. The van der Waals surface area contributed by atoms with Crippen LogP contribution >= 0.6 is 0 Å². The quantitative estimate of drug-likeness (QED) is 0.478. The van der Waals surface area contributed by atoms with Gasteiger partial charge in [-0.2, -0.15) is 0 Å². The fraction of sp³-hybridized carbons (Fsp3) is 0.538. The smallest absolute Gasteiger partial charge is 0.266 e. The van der Waals surface area contributed by atoms with Crippen molar-refractivity contribution in [2.75, 3.05) is 43.0 Å². The van der Waals surface area contributed by atoms with E-state index >= 15 is 0 Å². The first-order valence-corrected chi connectivity index (χ1v) is 14.7. The highest BCUT2D eigenvalue weighted by atomic mass is 32.2. The molecule has 3 aromatic rings. The van der Waals surface area contributed by atoms with E-state index in [0.717, 1.165) is 31.6 Å². The molecule has 0 radical (unpaired) electrons. The number of nitrogens with one attached hydrogen (secondary N) is 1. The summed E-state index contributed by atoms with van der Waals surface area (Å²) in [4.78, 5) is 13.1. The third kappa shape index (κ3) is 5.21. The van der Waals surface area contributed by atoms with E-state index < -0.39 is 15.9 Å². The standard InChI is InChI=1S/C26H31F2N7O3S/c1-17-15-20(31-24(30-17)35-13-9-26(27,28)10-14-35)23-33-32-22(38-23)19-4-3-18(39(36,37)29-2)16-21(19)34-11-7-25(5-6-25)8-12-34/h3-4,15-16,29H,5-14H2,1-2H3. The lowest BCUT2D eigenvalue weighted by atomic mass is 9.93. The van der Waals surface area contributed by atoms with Crippen LogP contribution in [0.3, 0.4) is 0 Å². The molecule has 6 rings (SSSR count). The van der Waals surface area contributed by atoms with E-state index in [0.29, 0.717) is 28.3 Å². The Morgan fingerprint density at radius 2 is 1.56 bits per heavy atom. The predicted octanol–water partition coefficient (Wildman–Crippen LogP) is 4.03. The van der Waals surface area contributed by atoms with Gasteiger partial charge in [-0.05, 0) is 69.3 Å². The average molecular weight is 560 g/mol. The van der Waals surface area contributed by atoms with E-state index in [9.17, 15) is 17.2 Å². The van der Waals surface area contributed by atoms with Gasteiger partial charge in [-0.25, -0.2) is 31.9 Å². The Morgan fingerprint density at radius 3 is 2.23 bits per heavy atom. The molecule has 1 saturated carbocycles. The van der Waals surface area contributed by atoms with Crippen LogP contribution in [0, 0.1) is 12.3 Å². The number of anilines is 2. The van der Waals surface area contributed by atoms with Gasteiger partial charge < -0.3 is 14.2 Å². The van der Waals surface area contributed by atoms with Crippen LogP contribution in [-0.4, -0.2) is 67.7 Å². The summed E-state index contributed by atoms with van der Waals surface area (Å²) in [5, 5.41) is 8.51. The first-order chi connectivity index (χ1) is 18.6. The molecule has 4 heterocycles. The third-order valence-electron chi connectivity index (χ3n) is 8.16. The summed E-state index contributed by atoms with van der Waals surface area (Å²) in [7, 11) is -2.26. The number of benzene rings is 1. The molecule has 208 valence electrons. The molecule has 0 bridgehead atoms. The Labute approximate surface area is 225 Å². The Balaban J connectivity index is 1.33. The number of halogens is 2. The number of aryl methyl sites for hydroxylation is 1. The van der Waals surface area contributed by atoms with Crippen molar-refractivity contribution >= 4 is 21.7 Å². The number of rotatable bonds is 6. The van der Waals surface area contributed by atoms with Crippen molar-refractivity contribution < 1.29 is 21.6 Å². The molecule has 2 saturated heterocycles. The number of aromatic nitrogens is 4. The number of hydrogen-bond donors (Lipinski definition) is 1. The Morgan fingerprint density at radius 1 is 0.897 bits per heavy atom. The molecule has 13 heteroatoms. The molecule has 0 atom stereocenters. The molecule has 1 N–H and O–H groups in total. The SMILES string of the molecule is CNS(=O)(=O)c1ccc(-c2nnc(-c3cc(C)nc(N4CCC(F)(F)CC4)n3)o2)c(N2CCC3(CC2)CC3)c1. The second-order valence-electron chi connectivity index (χ2n) is 10.8. The third-order valence-corrected chi connectivity index (χ3v) is 9.58. The summed E-state index contributed by atoms with van der Waals surface area (Å²) in [6.07, 6.45) is 4.16. The van der Waals surface area contributed by atoms with Crippen molar-refractivity contribution in [3.05, 3.63) is 30.0 Å². The van der Waals surface area contributed by atoms with Crippen molar-refractivity contribution in [3.63, 3.8) is 0 Å². The second kappa shape index (κ2) is 9.47. The van der Waals surface area contributed by atoms with Gasteiger partial charge in [0.1, 0.15) is 5.69 Å². The van der Waals surface area contributed by atoms with E-state index in [1.807, 2.05) is 0 Å². The molecule has 10 nitrogen and oxygen atoms in total. The normalized spacial score (nSPS) is 20.4. The summed E-state index contributed by atoms with van der Waals surface area (Å²) in [6.45, 7) is 3.76. The Hall–Kier alpha value is -3.19. The Bertz CT molecular complexity index is 1490. The molecule has 0 unspecified atom stereocenters. The van der Waals surface area contributed by atoms with E-state index in [1.54, 1.807) is 30.0 Å². The molecule has 1 spiro atoms. The summed E-state index contributed by atoms with van der Waals surface area (Å²) in [6, 6.07) is 6.60. The number of hydrogen-bond acceptors (Lipinski definition) is 9. The van der Waals surface area contributed by atoms with Crippen LogP contribution in [0.1, 0.15) is 44.2 Å². The van der Waals surface area contributed by atoms with Crippen LogP contribution in [0.25, 0.3) is 23.0 Å². The lowest BCUT2D eigenvalue weighted by molar-refractivity contribution is -0.0222. The molecule has 3 aliphatic rings. The zero-order valence-corrected chi connectivity index (χ0v) is 22.8. The van der Waals surface area contributed by atoms with Crippen molar-refractivity contribution in [3.8, 4) is 23.0 Å². The molecule has 0 amide bonds. The molecule has 1 aliphatic carbocycles. The van der Waals surface area contributed by atoms with E-state index in [2.05, 4.69) is 29.8 Å². The lowest BCUT2D eigenvalue weighted by Crippen LogP contribution is -2.40. The van der Waals surface area contributed by atoms with Crippen LogP contribution in [0.5, 0.6) is 0 Å². The number of nitrogens with zero attached hydrogens (tertiary/aromatic N) is 6. The van der Waals surface area contributed by atoms with Gasteiger partial charge in [0.05, 0.1) is 16.1 Å². The van der Waals surface area contributed by atoms with E-state index in [-0.39, 0.29) is 42.6 Å². The maximum absolute atomic E-state index is 13.7. The van der Waals surface area contributed by atoms with Crippen molar-refractivity contribution in [1.82, 2.24) is 24.9 Å². The van der Waals surface area contributed by atoms with Gasteiger partial charge in [0.2, 0.25) is 21.9 Å². The fourth-order valence-corrected chi connectivity index (χ4v) is 6.16. The summed E-state index contributed by atoms with van der Waals surface area (Å²) < 4.78 is 60.9. The van der Waals surface area contributed by atoms with Gasteiger partial charge in [-0.1, -0.05) is 0 Å². The monoisotopic (exact) mass is 559 g/mol. The zero-order chi connectivity index (χ0) is 27.4. The predicted molar refractivity (Wildman–Crippen MR) is 141 cm³/mol.